The Balaban J connectivity index is 2.84. The van der Waals surface area contributed by atoms with Crippen LogP contribution in [0.25, 0.3) is 11.0 Å². The van der Waals surface area contributed by atoms with Crippen molar-refractivity contribution < 1.29 is 15.0 Å². The summed E-state index contributed by atoms with van der Waals surface area (Å²) < 4.78 is 0. The van der Waals surface area contributed by atoms with Gasteiger partial charge in [0.15, 0.2) is 0 Å². The number of carboxylic acid groups (broad SMARTS) is 1. The standard InChI is InChI=1S/C8H6N2O4/c11-5-2-3(7(12)13)1-4-6(5)10-8(14)9-4/h1-2,11H,(H,12,13)(H2,9,10,14). The molecular weight excluding hydrogens is 188 g/mol. The molecule has 0 fully saturated rings. The zero-order chi connectivity index (χ0) is 10.3. The van der Waals surface area contributed by atoms with Crippen LogP contribution >= 0.6 is 0 Å². The first kappa shape index (κ1) is 8.36. The van der Waals surface area contributed by atoms with E-state index >= 15 is 0 Å². The average molecular weight is 194 g/mol. The highest BCUT2D eigenvalue weighted by Gasteiger charge is 2.10. The summed E-state index contributed by atoms with van der Waals surface area (Å²) in [6.45, 7) is 0. The van der Waals surface area contributed by atoms with Crippen molar-refractivity contribution >= 4 is 17.0 Å². The third-order valence-corrected chi connectivity index (χ3v) is 1.85. The number of aromatic nitrogens is 2. The number of H-pyrrole nitrogens is 2. The van der Waals surface area contributed by atoms with Gasteiger partial charge in [0.2, 0.25) is 0 Å². The van der Waals surface area contributed by atoms with Crippen molar-refractivity contribution in [2.45, 2.75) is 0 Å². The fourth-order valence-corrected chi connectivity index (χ4v) is 1.25. The van der Waals surface area contributed by atoms with Gasteiger partial charge in [0.25, 0.3) is 0 Å². The number of benzene rings is 1. The Kier molecular flexibility index (Phi) is 1.57. The molecule has 2 rings (SSSR count). The SMILES string of the molecule is O=C(O)c1cc(O)c2[nH]c(=O)[nH]c2c1. The van der Waals surface area contributed by atoms with E-state index in [0.717, 1.165) is 6.07 Å². The van der Waals surface area contributed by atoms with Gasteiger partial charge in [-0.15, -0.1) is 0 Å². The highest BCUT2D eigenvalue weighted by Crippen LogP contribution is 2.22. The van der Waals surface area contributed by atoms with Crippen molar-refractivity contribution in [2.24, 2.45) is 0 Å². The van der Waals surface area contributed by atoms with E-state index in [1.165, 1.54) is 6.07 Å². The molecule has 0 amide bonds. The van der Waals surface area contributed by atoms with E-state index in [0.29, 0.717) is 0 Å². The minimum Gasteiger partial charge on any atom is -0.506 e. The predicted molar refractivity (Wildman–Crippen MR) is 47.5 cm³/mol. The second-order valence-electron chi connectivity index (χ2n) is 2.80. The Morgan fingerprint density at radius 2 is 2.00 bits per heavy atom. The van der Waals surface area contributed by atoms with Crippen LogP contribution in [0.4, 0.5) is 0 Å². The zero-order valence-electron chi connectivity index (χ0n) is 6.87. The quantitative estimate of drug-likeness (QED) is 0.522. The molecule has 0 aliphatic carbocycles. The Hall–Kier alpha value is -2.24. The fourth-order valence-electron chi connectivity index (χ4n) is 1.25. The summed E-state index contributed by atoms with van der Waals surface area (Å²) >= 11 is 0. The lowest BCUT2D eigenvalue weighted by Gasteiger charge is -1.97. The van der Waals surface area contributed by atoms with Gasteiger partial charge < -0.3 is 20.2 Å². The lowest BCUT2D eigenvalue weighted by molar-refractivity contribution is 0.0696. The van der Waals surface area contributed by atoms with Crippen LogP contribution in [0, 0.1) is 0 Å². The summed E-state index contributed by atoms with van der Waals surface area (Å²) in [6.07, 6.45) is 0. The maximum atomic E-state index is 10.9. The van der Waals surface area contributed by atoms with Gasteiger partial charge in [-0.25, -0.2) is 9.59 Å². The molecule has 0 radical (unpaired) electrons. The molecular formula is C8H6N2O4. The van der Waals surface area contributed by atoms with Crippen molar-refractivity contribution in [2.75, 3.05) is 0 Å². The van der Waals surface area contributed by atoms with Gasteiger partial charge in [-0.3, -0.25) is 0 Å². The van der Waals surface area contributed by atoms with E-state index in [1.807, 2.05) is 0 Å². The number of nitrogens with one attached hydrogen (secondary N) is 2. The summed E-state index contributed by atoms with van der Waals surface area (Å²) in [5, 5.41) is 18.0. The molecule has 0 aliphatic rings. The molecule has 0 spiro atoms. The van der Waals surface area contributed by atoms with Crippen molar-refractivity contribution in [3.63, 3.8) is 0 Å². The van der Waals surface area contributed by atoms with Crippen LogP contribution < -0.4 is 5.69 Å². The minimum absolute atomic E-state index is 0.0785. The molecule has 0 aliphatic heterocycles. The molecule has 72 valence electrons. The summed E-state index contributed by atoms with van der Waals surface area (Å²) in [4.78, 5) is 26.1. The number of carbonyl (C=O) groups is 1. The van der Waals surface area contributed by atoms with Crippen molar-refractivity contribution in [3.05, 3.63) is 28.2 Å². The summed E-state index contributed by atoms with van der Waals surface area (Å²) in [6, 6.07) is 2.35. The van der Waals surface area contributed by atoms with Crippen LogP contribution in [0.1, 0.15) is 10.4 Å². The molecule has 2 aromatic rings. The van der Waals surface area contributed by atoms with E-state index in [2.05, 4.69) is 9.97 Å². The smallest absolute Gasteiger partial charge is 0.335 e. The van der Waals surface area contributed by atoms with Gasteiger partial charge in [0, 0.05) is 0 Å². The number of aromatic carboxylic acids is 1. The third-order valence-electron chi connectivity index (χ3n) is 1.85. The number of phenolic OH excluding ortho intramolecular Hbond substituents is 1. The average Bonchev–Trinajstić information content (AvgIpc) is 2.45. The number of carboxylic acids is 1. The van der Waals surface area contributed by atoms with Crippen molar-refractivity contribution in [1.82, 2.24) is 9.97 Å². The lowest BCUT2D eigenvalue weighted by atomic mass is 10.2. The van der Waals surface area contributed by atoms with E-state index in [1.54, 1.807) is 0 Å². The Bertz CT molecular complexity index is 566. The molecule has 1 aromatic heterocycles. The highest BCUT2D eigenvalue weighted by atomic mass is 16.4. The van der Waals surface area contributed by atoms with E-state index in [4.69, 9.17) is 5.11 Å². The number of fused-ring (bicyclic) bond motifs is 1. The van der Waals surface area contributed by atoms with Gasteiger partial charge in [-0.2, -0.15) is 0 Å². The molecule has 14 heavy (non-hydrogen) atoms. The van der Waals surface area contributed by atoms with E-state index < -0.39 is 11.7 Å². The number of imidazole rings is 1. The predicted octanol–water partition coefficient (Wildman–Crippen LogP) is 0.260. The lowest BCUT2D eigenvalue weighted by Crippen LogP contribution is -1.99. The molecule has 4 N–H and O–H groups in total. The maximum absolute atomic E-state index is 10.9. The first-order chi connectivity index (χ1) is 6.58. The second kappa shape index (κ2) is 2.63. The highest BCUT2D eigenvalue weighted by molar-refractivity contribution is 5.94. The molecule has 0 atom stereocenters. The van der Waals surface area contributed by atoms with Gasteiger partial charge in [0.1, 0.15) is 11.3 Å². The topological polar surface area (TPSA) is 106 Å². The molecule has 1 aromatic carbocycles. The molecule has 1 heterocycles. The third kappa shape index (κ3) is 1.13. The first-order valence-electron chi connectivity index (χ1n) is 3.76. The number of aromatic amines is 2. The molecule has 0 saturated carbocycles. The monoisotopic (exact) mass is 194 g/mol. The fraction of sp³-hybridized carbons (Fsp3) is 0. The van der Waals surface area contributed by atoms with Crippen molar-refractivity contribution in [1.29, 1.82) is 0 Å². The largest absolute Gasteiger partial charge is 0.506 e. The Labute approximate surface area is 76.8 Å². The molecule has 0 bridgehead atoms. The zero-order valence-corrected chi connectivity index (χ0v) is 6.87. The molecule has 0 saturated heterocycles. The normalized spacial score (nSPS) is 10.6. The molecule has 6 heteroatoms. The summed E-state index contributed by atoms with van der Waals surface area (Å²) in [5.41, 5.74) is -0.0875. The van der Waals surface area contributed by atoms with Crippen LogP contribution in [0.15, 0.2) is 16.9 Å². The number of aromatic hydroxyl groups is 1. The Morgan fingerprint density at radius 1 is 1.29 bits per heavy atom. The van der Waals surface area contributed by atoms with Crippen LogP contribution in [-0.2, 0) is 0 Å². The first-order valence-corrected chi connectivity index (χ1v) is 3.76. The maximum Gasteiger partial charge on any atom is 0.335 e. The molecule has 0 unspecified atom stereocenters. The van der Waals surface area contributed by atoms with E-state index in [-0.39, 0.29) is 22.3 Å². The second-order valence-corrected chi connectivity index (χ2v) is 2.80. The van der Waals surface area contributed by atoms with E-state index in [9.17, 15) is 14.7 Å². The van der Waals surface area contributed by atoms with Crippen LogP contribution in [0.5, 0.6) is 5.75 Å². The summed E-state index contributed by atoms with van der Waals surface area (Å²) in [7, 11) is 0. The minimum atomic E-state index is -1.16. The van der Waals surface area contributed by atoms with Gasteiger partial charge in [0.05, 0.1) is 11.1 Å². The van der Waals surface area contributed by atoms with Crippen LogP contribution in [0.2, 0.25) is 0 Å². The number of rotatable bonds is 1. The van der Waals surface area contributed by atoms with Crippen LogP contribution in [-0.4, -0.2) is 26.2 Å². The molecule has 6 nitrogen and oxygen atoms in total. The number of hydrogen-bond donors (Lipinski definition) is 4. The number of hydrogen-bond acceptors (Lipinski definition) is 3. The summed E-state index contributed by atoms with van der Waals surface area (Å²) in [5.74, 6) is -1.43. The van der Waals surface area contributed by atoms with Gasteiger partial charge in [-0.05, 0) is 12.1 Å². The van der Waals surface area contributed by atoms with Gasteiger partial charge in [-0.1, -0.05) is 0 Å². The van der Waals surface area contributed by atoms with Gasteiger partial charge >= 0.3 is 11.7 Å². The van der Waals surface area contributed by atoms with Crippen LogP contribution in [0.3, 0.4) is 0 Å². The Morgan fingerprint density at radius 3 is 2.64 bits per heavy atom. The number of phenols is 1. The van der Waals surface area contributed by atoms with Crippen molar-refractivity contribution in [3.8, 4) is 5.75 Å².